The average molecular weight is 338 g/mol. The highest BCUT2D eigenvalue weighted by atomic mass is 79.9. The van der Waals surface area contributed by atoms with Crippen molar-refractivity contribution in [1.82, 2.24) is 4.98 Å². The Morgan fingerprint density at radius 2 is 2.00 bits per heavy atom. The van der Waals surface area contributed by atoms with E-state index in [0.29, 0.717) is 0 Å². The minimum absolute atomic E-state index is 0.235. The number of pyridine rings is 1. The second-order valence-corrected chi connectivity index (χ2v) is 5.94. The van der Waals surface area contributed by atoms with Crippen LogP contribution < -0.4 is 4.74 Å². The van der Waals surface area contributed by atoms with Crippen molar-refractivity contribution in [3.8, 4) is 5.88 Å². The summed E-state index contributed by atoms with van der Waals surface area (Å²) in [6.07, 6.45) is -0.749. The largest absolute Gasteiger partial charge is 0.515 e. The molecule has 2 aromatic rings. The van der Waals surface area contributed by atoms with Crippen molar-refractivity contribution in [3.63, 3.8) is 0 Å². The first-order valence-electron chi connectivity index (χ1n) is 6.24. The van der Waals surface area contributed by atoms with Gasteiger partial charge in [-0.05, 0) is 44.5 Å². The van der Waals surface area contributed by atoms with Gasteiger partial charge in [-0.15, -0.1) is 0 Å². The molecule has 20 heavy (non-hydrogen) atoms. The second kappa shape index (κ2) is 5.79. The van der Waals surface area contributed by atoms with Crippen LogP contribution in [0.5, 0.6) is 5.88 Å². The average Bonchev–Trinajstić information content (AvgIpc) is 2.35. The normalized spacial score (nSPS) is 11.4. The number of nitrogens with zero attached hydrogens (tertiary/aromatic N) is 1. The number of ether oxygens (including phenoxy) is 2. The lowest BCUT2D eigenvalue weighted by Gasteiger charge is -2.18. The SMILES string of the molecule is CC(C)(C)OC(=O)Oc1ccc2cc(CBr)ccc2n1. The highest BCUT2D eigenvalue weighted by Gasteiger charge is 2.18. The van der Waals surface area contributed by atoms with E-state index in [0.717, 1.165) is 16.2 Å². The van der Waals surface area contributed by atoms with Crippen LogP contribution in [0.15, 0.2) is 30.3 Å². The Labute approximate surface area is 126 Å². The molecular formula is C15H16BrNO3. The van der Waals surface area contributed by atoms with Gasteiger partial charge < -0.3 is 9.47 Å². The maximum absolute atomic E-state index is 11.6. The topological polar surface area (TPSA) is 48.4 Å². The molecule has 1 aromatic heterocycles. The van der Waals surface area contributed by atoms with Gasteiger partial charge in [-0.1, -0.05) is 22.0 Å². The maximum Gasteiger partial charge on any atom is 0.515 e. The molecule has 0 aliphatic heterocycles. The molecule has 0 amide bonds. The molecule has 0 N–H and O–H groups in total. The molecule has 0 aliphatic carbocycles. The summed E-state index contributed by atoms with van der Waals surface area (Å²) in [4.78, 5) is 15.9. The molecule has 0 fully saturated rings. The number of rotatable bonds is 2. The summed E-state index contributed by atoms with van der Waals surface area (Å²) in [5.74, 6) is 0.235. The van der Waals surface area contributed by atoms with Gasteiger partial charge in [-0.25, -0.2) is 9.78 Å². The standard InChI is InChI=1S/C15H16BrNO3/c1-15(2,3)20-14(18)19-13-7-5-11-8-10(9-16)4-6-12(11)17-13/h4-8H,9H2,1-3H3. The van der Waals surface area contributed by atoms with E-state index >= 15 is 0 Å². The number of hydrogen-bond acceptors (Lipinski definition) is 4. The molecule has 0 bridgehead atoms. The predicted molar refractivity (Wildman–Crippen MR) is 81.2 cm³/mol. The highest BCUT2D eigenvalue weighted by molar-refractivity contribution is 9.08. The van der Waals surface area contributed by atoms with Crippen LogP contribution in [0.1, 0.15) is 26.3 Å². The summed E-state index contributed by atoms with van der Waals surface area (Å²) in [5, 5.41) is 1.79. The van der Waals surface area contributed by atoms with Gasteiger partial charge in [-0.2, -0.15) is 0 Å². The number of alkyl halides is 1. The number of carbonyl (C=O) groups is 1. The zero-order chi connectivity index (χ0) is 14.8. The summed E-state index contributed by atoms with van der Waals surface area (Å²) in [6.45, 7) is 5.34. The van der Waals surface area contributed by atoms with Crippen LogP contribution >= 0.6 is 15.9 Å². The Morgan fingerprint density at radius 1 is 1.25 bits per heavy atom. The van der Waals surface area contributed by atoms with Crippen LogP contribution in [-0.4, -0.2) is 16.7 Å². The molecule has 106 valence electrons. The molecule has 0 saturated carbocycles. The quantitative estimate of drug-likeness (QED) is 0.600. The van der Waals surface area contributed by atoms with Crippen LogP contribution in [0.25, 0.3) is 10.9 Å². The summed E-state index contributed by atoms with van der Waals surface area (Å²) >= 11 is 3.41. The van der Waals surface area contributed by atoms with Gasteiger partial charge >= 0.3 is 6.16 Å². The lowest BCUT2D eigenvalue weighted by atomic mass is 10.1. The number of carbonyl (C=O) groups excluding carboxylic acids is 1. The second-order valence-electron chi connectivity index (χ2n) is 5.38. The Morgan fingerprint density at radius 3 is 2.65 bits per heavy atom. The van der Waals surface area contributed by atoms with Gasteiger partial charge in [-0.3, -0.25) is 0 Å². The molecule has 0 atom stereocenters. The third-order valence-electron chi connectivity index (χ3n) is 2.46. The maximum atomic E-state index is 11.6. The minimum Gasteiger partial charge on any atom is -0.428 e. The zero-order valence-electron chi connectivity index (χ0n) is 11.6. The smallest absolute Gasteiger partial charge is 0.428 e. The third kappa shape index (κ3) is 3.93. The highest BCUT2D eigenvalue weighted by Crippen LogP contribution is 2.20. The minimum atomic E-state index is -0.749. The van der Waals surface area contributed by atoms with E-state index < -0.39 is 11.8 Å². The van der Waals surface area contributed by atoms with Crippen molar-refractivity contribution in [3.05, 3.63) is 35.9 Å². The summed E-state index contributed by atoms with van der Waals surface area (Å²) in [6, 6.07) is 9.43. The number of fused-ring (bicyclic) bond motifs is 1. The van der Waals surface area contributed by atoms with Crippen LogP contribution in [-0.2, 0) is 10.1 Å². The zero-order valence-corrected chi connectivity index (χ0v) is 13.2. The molecular weight excluding hydrogens is 322 g/mol. The van der Waals surface area contributed by atoms with Crippen LogP contribution in [0, 0.1) is 0 Å². The van der Waals surface area contributed by atoms with Crippen molar-refractivity contribution < 1.29 is 14.3 Å². The molecule has 0 radical (unpaired) electrons. The Kier molecular flexibility index (Phi) is 4.28. The van der Waals surface area contributed by atoms with Crippen LogP contribution in [0.4, 0.5) is 4.79 Å². The molecule has 2 rings (SSSR count). The lowest BCUT2D eigenvalue weighted by molar-refractivity contribution is 0.0198. The molecule has 1 heterocycles. The number of halogens is 1. The van der Waals surface area contributed by atoms with Crippen molar-refractivity contribution >= 4 is 33.0 Å². The van der Waals surface area contributed by atoms with E-state index in [1.807, 2.05) is 24.3 Å². The molecule has 0 spiro atoms. The molecule has 1 aromatic carbocycles. The van der Waals surface area contributed by atoms with Crippen molar-refractivity contribution in [1.29, 1.82) is 0 Å². The van der Waals surface area contributed by atoms with Gasteiger partial charge in [0, 0.05) is 16.8 Å². The first kappa shape index (κ1) is 14.8. The number of hydrogen-bond donors (Lipinski definition) is 0. The molecule has 5 heteroatoms. The van der Waals surface area contributed by atoms with Gasteiger partial charge in [0.05, 0.1) is 5.52 Å². The van der Waals surface area contributed by atoms with E-state index in [-0.39, 0.29) is 5.88 Å². The van der Waals surface area contributed by atoms with E-state index in [4.69, 9.17) is 9.47 Å². The van der Waals surface area contributed by atoms with Gasteiger partial charge in [0.2, 0.25) is 5.88 Å². The molecule has 0 aliphatic rings. The fourth-order valence-electron chi connectivity index (χ4n) is 1.65. The first-order chi connectivity index (χ1) is 9.37. The summed E-state index contributed by atoms with van der Waals surface area (Å²) in [7, 11) is 0. The van der Waals surface area contributed by atoms with Crippen LogP contribution in [0.2, 0.25) is 0 Å². The molecule has 0 saturated heterocycles. The Bertz CT molecular complexity index is 635. The lowest BCUT2D eigenvalue weighted by Crippen LogP contribution is -2.26. The monoisotopic (exact) mass is 337 g/mol. The van der Waals surface area contributed by atoms with E-state index in [1.165, 1.54) is 5.56 Å². The van der Waals surface area contributed by atoms with E-state index in [1.54, 1.807) is 26.8 Å². The fraction of sp³-hybridized carbons (Fsp3) is 0.333. The Hall–Kier alpha value is -1.62. The summed E-state index contributed by atoms with van der Waals surface area (Å²) in [5.41, 5.74) is 1.36. The van der Waals surface area contributed by atoms with E-state index in [2.05, 4.69) is 20.9 Å². The predicted octanol–water partition coefficient (Wildman–Crippen LogP) is 4.44. The van der Waals surface area contributed by atoms with Crippen molar-refractivity contribution in [2.24, 2.45) is 0 Å². The van der Waals surface area contributed by atoms with Crippen molar-refractivity contribution in [2.45, 2.75) is 31.7 Å². The third-order valence-corrected chi connectivity index (χ3v) is 3.11. The van der Waals surface area contributed by atoms with E-state index in [9.17, 15) is 4.79 Å². The number of aromatic nitrogens is 1. The summed E-state index contributed by atoms with van der Waals surface area (Å²) < 4.78 is 10.2. The van der Waals surface area contributed by atoms with Crippen LogP contribution in [0.3, 0.4) is 0 Å². The number of benzene rings is 1. The van der Waals surface area contributed by atoms with Gasteiger partial charge in [0.25, 0.3) is 0 Å². The molecule has 4 nitrogen and oxygen atoms in total. The molecule has 0 unspecified atom stereocenters. The Balaban J connectivity index is 2.18. The van der Waals surface area contributed by atoms with Crippen molar-refractivity contribution in [2.75, 3.05) is 0 Å². The van der Waals surface area contributed by atoms with Gasteiger partial charge in [0.15, 0.2) is 0 Å². The first-order valence-corrected chi connectivity index (χ1v) is 7.36. The van der Waals surface area contributed by atoms with Gasteiger partial charge in [0.1, 0.15) is 5.60 Å². The fourth-order valence-corrected chi connectivity index (χ4v) is 2.00.